The minimum absolute atomic E-state index is 0.0920. The van der Waals surface area contributed by atoms with Gasteiger partial charge in [-0.1, -0.05) is 23.8 Å². The predicted octanol–water partition coefficient (Wildman–Crippen LogP) is 1.65. The monoisotopic (exact) mass is 438 g/mol. The van der Waals surface area contributed by atoms with Crippen LogP contribution in [0.2, 0.25) is 0 Å². The molecular weight excluding hydrogens is 415 g/mol. The Bertz CT molecular complexity index is 1020. The molecule has 0 radical (unpaired) electrons. The summed E-state index contributed by atoms with van der Waals surface area (Å²) in [4.78, 5) is 24.1. The number of aliphatic hydroxyl groups excluding tert-OH is 1. The molecule has 0 unspecified atom stereocenters. The molecule has 8 nitrogen and oxygen atoms in total. The highest BCUT2D eigenvalue weighted by Gasteiger charge is 2.31. The molecule has 10 heteroatoms. The van der Waals surface area contributed by atoms with Gasteiger partial charge in [0.25, 0.3) is 5.91 Å². The third-order valence-corrected chi connectivity index (χ3v) is 5.61. The molecule has 0 spiro atoms. The van der Waals surface area contributed by atoms with Gasteiger partial charge in [0.1, 0.15) is 11.9 Å². The quantitative estimate of drug-likeness (QED) is 0.539. The average molecular weight is 438 g/mol. The molecule has 0 aliphatic heterocycles. The molecular formula is C20H23FN2O6S. The minimum Gasteiger partial charge on any atom is -0.454 e. The minimum atomic E-state index is -4.12. The normalized spacial score (nSPS) is 13.4. The Labute approximate surface area is 174 Å². The fourth-order valence-corrected chi connectivity index (χ4v) is 3.65. The SMILES string of the molecule is Cc1ccc(S(=O)(=O)N[C@@H](C(=O)OCC(=O)Nc2ccc(C)c(F)c2)[C@H](C)O)cc1. The molecule has 0 bridgehead atoms. The van der Waals surface area contributed by atoms with E-state index in [0.717, 1.165) is 11.6 Å². The Morgan fingerprint density at radius 1 is 1.13 bits per heavy atom. The molecule has 2 atom stereocenters. The molecule has 2 aromatic carbocycles. The Morgan fingerprint density at radius 3 is 2.33 bits per heavy atom. The van der Waals surface area contributed by atoms with Gasteiger partial charge in [0, 0.05) is 5.69 Å². The van der Waals surface area contributed by atoms with E-state index >= 15 is 0 Å². The van der Waals surface area contributed by atoms with Crippen molar-refractivity contribution in [2.45, 2.75) is 37.8 Å². The fourth-order valence-electron chi connectivity index (χ4n) is 2.39. The van der Waals surface area contributed by atoms with Crippen molar-refractivity contribution in [3.8, 4) is 0 Å². The van der Waals surface area contributed by atoms with Gasteiger partial charge in [-0.25, -0.2) is 12.8 Å². The van der Waals surface area contributed by atoms with E-state index in [1.165, 1.54) is 31.2 Å². The van der Waals surface area contributed by atoms with Crippen LogP contribution in [0.15, 0.2) is 47.4 Å². The van der Waals surface area contributed by atoms with Crippen LogP contribution in [0.4, 0.5) is 10.1 Å². The van der Waals surface area contributed by atoms with Crippen molar-refractivity contribution < 1.29 is 32.2 Å². The lowest BCUT2D eigenvalue weighted by Gasteiger charge is -2.20. The van der Waals surface area contributed by atoms with E-state index in [4.69, 9.17) is 4.74 Å². The van der Waals surface area contributed by atoms with Gasteiger partial charge in [-0.05, 0) is 50.6 Å². The number of anilines is 1. The fraction of sp³-hybridized carbons (Fsp3) is 0.300. The third kappa shape index (κ3) is 6.34. The van der Waals surface area contributed by atoms with Crippen LogP contribution in [0.5, 0.6) is 0 Å². The van der Waals surface area contributed by atoms with Crippen molar-refractivity contribution in [3.63, 3.8) is 0 Å². The Balaban J connectivity index is 2.00. The van der Waals surface area contributed by atoms with Gasteiger partial charge in [-0.3, -0.25) is 9.59 Å². The molecule has 0 aromatic heterocycles. The van der Waals surface area contributed by atoms with E-state index in [0.29, 0.717) is 5.56 Å². The van der Waals surface area contributed by atoms with Crippen LogP contribution in [-0.2, 0) is 24.3 Å². The third-order valence-electron chi connectivity index (χ3n) is 4.15. The standard InChI is InChI=1S/C20H23FN2O6S/c1-12-4-8-16(9-5-12)30(27,28)23-19(14(3)24)20(26)29-11-18(25)22-15-7-6-13(2)17(21)10-15/h4-10,14,19,23-24H,11H2,1-3H3,(H,22,25)/t14-,19+/m0/s1. The summed E-state index contributed by atoms with van der Waals surface area (Å²) in [5, 5.41) is 12.2. The van der Waals surface area contributed by atoms with Crippen LogP contribution >= 0.6 is 0 Å². The summed E-state index contributed by atoms with van der Waals surface area (Å²) in [7, 11) is -4.12. The summed E-state index contributed by atoms with van der Waals surface area (Å²) in [5.74, 6) is -2.40. The number of amides is 1. The maximum atomic E-state index is 13.5. The number of rotatable bonds is 8. The number of sulfonamides is 1. The maximum Gasteiger partial charge on any atom is 0.327 e. The van der Waals surface area contributed by atoms with Crippen molar-refractivity contribution in [3.05, 3.63) is 59.4 Å². The first kappa shape index (κ1) is 23.5. The first-order chi connectivity index (χ1) is 14.0. The van der Waals surface area contributed by atoms with Crippen molar-refractivity contribution in [1.82, 2.24) is 4.72 Å². The van der Waals surface area contributed by atoms with Crippen LogP contribution < -0.4 is 10.0 Å². The second-order valence-corrected chi connectivity index (χ2v) is 8.49. The first-order valence-electron chi connectivity index (χ1n) is 8.99. The second kappa shape index (κ2) is 9.79. The van der Waals surface area contributed by atoms with E-state index in [2.05, 4.69) is 10.0 Å². The molecule has 0 saturated carbocycles. The van der Waals surface area contributed by atoms with E-state index < -0.39 is 46.5 Å². The zero-order valence-electron chi connectivity index (χ0n) is 16.7. The zero-order valence-corrected chi connectivity index (χ0v) is 17.5. The van der Waals surface area contributed by atoms with Crippen LogP contribution in [0.1, 0.15) is 18.1 Å². The Morgan fingerprint density at radius 2 is 1.77 bits per heavy atom. The summed E-state index contributed by atoms with van der Waals surface area (Å²) in [6.07, 6.45) is -1.42. The molecule has 0 heterocycles. The Kier molecular flexibility index (Phi) is 7.65. The van der Waals surface area contributed by atoms with Crippen molar-refractivity contribution >= 4 is 27.6 Å². The molecule has 162 valence electrons. The van der Waals surface area contributed by atoms with E-state index in [1.54, 1.807) is 26.0 Å². The zero-order chi connectivity index (χ0) is 22.5. The molecule has 3 N–H and O–H groups in total. The highest BCUT2D eigenvalue weighted by atomic mass is 32.2. The molecule has 0 aliphatic rings. The van der Waals surface area contributed by atoms with Gasteiger partial charge >= 0.3 is 5.97 Å². The number of aryl methyl sites for hydroxylation is 2. The van der Waals surface area contributed by atoms with Gasteiger partial charge < -0.3 is 15.2 Å². The molecule has 30 heavy (non-hydrogen) atoms. The highest BCUT2D eigenvalue weighted by molar-refractivity contribution is 7.89. The average Bonchev–Trinajstić information content (AvgIpc) is 2.67. The van der Waals surface area contributed by atoms with Crippen LogP contribution in [0, 0.1) is 19.7 Å². The molecule has 1 amide bonds. The molecule has 2 aromatic rings. The summed E-state index contributed by atoms with van der Waals surface area (Å²) in [5.41, 5.74) is 1.42. The van der Waals surface area contributed by atoms with Gasteiger partial charge in [-0.2, -0.15) is 4.72 Å². The number of aliphatic hydroxyl groups is 1. The topological polar surface area (TPSA) is 122 Å². The maximum absolute atomic E-state index is 13.5. The highest BCUT2D eigenvalue weighted by Crippen LogP contribution is 2.14. The molecule has 0 fully saturated rings. The Hall–Kier alpha value is -2.82. The summed E-state index contributed by atoms with van der Waals surface area (Å²) >= 11 is 0. The van der Waals surface area contributed by atoms with E-state index in [1.807, 2.05) is 0 Å². The number of nitrogens with one attached hydrogen (secondary N) is 2. The lowest BCUT2D eigenvalue weighted by molar-refractivity contribution is -0.151. The van der Waals surface area contributed by atoms with Crippen molar-refractivity contribution in [1.29, 1.82) is 0 Å². The van der Waals surface area contributed by atoms with Gasteiger partial charge in [0.15, 0.2) is 6.61 Å². The largest absolute Gasteiger partial charge is 0.454 e. The number of halogens is 1. The van der Waals surface area contributed by atoms with Gasteiger partial charge in [-0.15, -0.1) is 0 Å². The summed E-state index contributed by atoms with van der Waals surface area (Å²) in [6, 6.07) is 8.33. The number of hydrogen-bond donors (Lipinski definition) is 3. The second-order valence-electron chi connectivity index (χ2n) is 6.77. The number of ether oxygens (including phenoxy) is 1. The van der Waals surface area contributed by atoms with Gasteiger partial charge in [0.05, 0.1) is 11.0 Å². The van der Waals surface area contributed by atoms with Crippen LogP contribution in [0.25, 0.3) is 0 Å². The van der Waals surface area contributed by atoms with Crippen LogP contribution in [0.3, 0.4) is 0 Å². The molecule has 2 rings (SSSR count). The number of esters is 1. The number of carbonyl (C=O) groups is 2. The molecule has 0 saturated heterocycles. The lowest BCUT2D eigenvalue weighted by atomic mass is 10.2. The van der Waals surface area contributed by atoms with Crippen molar-refractivity contribution in [2.24, 2.45) is 0 Å². The summed E-state index contributed by atoms with van der Waals surface area (Å²) in [6.45, 7) is 3.81. The number of hydrogen-bond acceptors (Lipinski definition) is 6. The van der Waals surface area contributed by atoms with E-state index in [9.17, 15) is 27.5 Å². The number of benzene rings is 2. The van der Waals surface area contributed by atoms with Crippen molar-refractivity contribution in [2.75, 3.05) is 11.9 Å². The predicted molar refractivity (Wildman–Crippen MR) is 108 cm³/mol. The molecule has 0 aliphatic carbocycles. The van der Waals surface area contributed by atoms with E-state index in [-0.39, 0.29) is 10.6 Å². The lowest BCUT2D eigenvalue weighted by Crippen LogP contribution is -2.48. The van der Waals surface area contributed by atoms with Gasteiger partial charge in [0.2, 0.25) is 10.0 Å². The summed E-state index contributed by atoms with van der Waals surface area (Å²) < 4.78 is 45.3. The number of carbonyl (C=O) groups excluding carboxylic acids is 2. The first-order valence-corrected chi connectivity index (χ1v) is 10.5. The smallest absolute Gasteiger partial charge is 0.327 e. The van der Waals surface area contributed by atoms with Crippen LogP contribution in [-0.4, -0.2) is 44.2 Å².